The van der Waals surface area contributed by atoms with Gasteiger partial charge >= 0.3 is 5.97 Å². The third kappa shape index (κ3) is 2.63. The van der Waals surface area contributed by atoms with Crippen molar-refractivity contribution in [2.75, 3.05) is 0 Å². The van der Waals surface area contributed by atoms with Crippen molar-refractivity contribution < 1.29 is 13.9 Å². The zero-order valence-electron chi connectivity index (χ0n) is 7.90. The first-order valence-electron chi connectivity index (χ1n) is 4.42. The Kier molecular flexibility index (Phi) is 3.74. The smallest absolute Gasteiger partial charge is 0.375 e. The van der Waals surface area contributed by atoms with Crippen LogP contribution in [0.5, 0.6) is 0 Å². The molecule has 4 nitrogen and oxygen atoms in total. The van der Waals surface area contributed by atoms with E-state index >= 15 is 0 Å². The van der Waals surface area contributed by atoms with E-state index in [1.54, 1.807) is 6.07 Å². The van der Waals surface area contributed by atoms with Crippen LogP contribution < -0.4 is 0 Å². The molecular formula is C10H11NO3. The average molecular weight is 193 g/mol. The lowest BCUT2D eigenvalue weighted by atomic mass is 10.2. The van der Waals surface area contributed by atoms with Crippen molar-refractivity contribution in [1.82, 2.24) is 0 Å². The second kappa shape index (κ2) is 5.07. The van der Waals surface area contributed by atoms with Crippen LogP contribution in [0.1, 0.15) is 30.3 Å². The Labute approximate surface area is 82.1 Å². The first-order chi connectivity index (χ1) is 6.77. The molecule has 0 saturated heterocycles. The van der Waals surface area contributed by atoms with Crippen LogP contribution in [-0.2, 0) is 4.74 Å². The molecule has 0 saturated carbocycles. The number of furan rings is 1. The van der Waals surface area contributed by atoms with E-state index in [-0.39, 0.29) is 5.76 Å². The van der Waals surface area contributed by atoms with Gasteiger partial charge in [0.15, 0.2) is 6.10 Å². The summed E-state index contributed by atoms with van der Waals surface area (Å²) in [5, 5.41) is 8.65. The first kappa shape index (κ1) is 10.3. The molecule has 1 heterocycles. The Hall–Kier alpha value is -1.76. The van der Waals surface area contributed by atoms with Crippen LogP contribution >= 0.6 is 0 Å². The molecular weight excluding hydrogens is 182 g/mol. The molecule has 14 heavy (non-hydrogen) atoms. The zero-order valence-corrected chi connectivity index (χ0v) is 7.90. The summed E-state index contributed by atoms with van der Waals surface area (Å²) in [6.07, 6.45) is 2.04. The number of nitrogens with zero attached hydrogens (tertiary/aromatic N) is 1. The molecule has 0 amide bonds. The van der Waals surface area contributed by atoms with Gasteiger partial charge in [-0.25, -0.2) is 4.79 Å². The SMILES string of the molecule is CCCC(C#N)OC(=O)c1ccco1. The van der Waals surface area contributed by atoms with Gasteiger partial charge in [0.2, 0.25) is 5.76 Å². The fourth-order valence-electron chi connectivity index (χ4n) is 0.994. The number of nitriles is 1. The molecule has 1 aromatic rings. The molecule has 0 aliphatic heterocycles. The molecule has 0 radical (unpaired) electrons. The third-order valence-electron chi connectivity index (χ3n) is 1.67. The number of carbonyl (C=O) groups is 1. The quantitative estimate of drug-likeness (QED) is 0.687. The van der Waals surface area contributed by atoms with E-state index in [1.165, 1.54) is 12.3 Å². The monoisotopic (exact) mass is 193 g/mol. The van der Waals surface area contributed by atoms with E-state index in [2.05, 4.69) is 0 Å². The van der Waals surface area contributed by atoms with Gasteiger partial charge in [-0.05, 0) is 18.6 Å². The Morgan fingerprint density at radius 3 is 3.07 bits per heavy atom. The predicted molar refractivity (Wildman–Crippen MR) is 48.4 cm³/mol. The van der Waals surface area contributed by atoms with Gasteiger partial charge in [0, 0.05) is 0 Å². The van der Waals surface area contributed by atoms with E-state index in [0.717, 1.165) is 6.42 Å². The molecule has 1 aromatic heterocycles. The summed E-state index contributed by atoms with van der Waals surface area (Å²) in [6.45, 7) is 1.92. The fourth-order valence-corrected chi connectivity index (χ4v) is 0.994. The zero-order chi connectivity index (χ0) is 10.4. The minimum atomic E-state index is -0.683. The lowest BCUT2D eigenvalue weighted by molar-refractivity contribution is 0.0356. The summed E-state index contributed by atoms with van der Waals surface area (Å²) in [7, 11) is 0. The molecule has 1 atom stereocenters. The van der Waals surface area contributed by atoms with Crippen LogP contribution in [0.25, 0.3) is 0 Å². The summed E-state index contributed by atoms with van der Waals surface area (Å²) in [6, 6.07) is 5.01. The largest absolute Gasteiger partial charge is 0.457 e. The van der Waals surface area contributed by atoms with Gasteiger partial charge in [-0.15, -0.1) is 0 Å². The Bertz CT molecular complexity index is 324. The highest BCUT2D eigenvalue weighted by atomic mass is 16.6. The van der Waals surface area contributed by atoms with E-state index < -0.39 is 12.1 Å². The summed E-state index contributed by atoms with van der Waals surface area (Å²) in [4.78, 5) is 11.3. The highest BCUT2D eigenvalue weighted by Gasteiger charge is 2.16. The van der Waals surface area contributed by atoms with E-state index in [4.69, 9.17) is 14.4 Å². The number of hydrogen-bond acceptors (Lipinski definition) is 4. The Morgan fingerprint density at radius 1 is 1.79 bits per heavy atom. The summed E-state index contributed by atoms with van der Waals surface area (Å²) in [5.41, 5.74) is 0. The number of esters is 1. The third-order valence-corrected chi connectivity index (χ3v) is 1.67. The number of hydrogen-bond donors (Lipinski definition) is 0. The van der Waals surface area contributed by atoms with Crippen molar-refractivity contribution in [2.45, 2.75) is 25.9 Å². The minimum absolute atomic E-state index is 0.126. The second-order valence-electron chi connectivity index (χ2n) is 2.79. The average Bonchev–Trinajstić information content (AvgIpc) is 2.69. The van der Waals surface area contributed by atoms with Gasteiger partial charge in [0.1, 0.15) is 6.07 Å². The normalized spacial score (nSPS) is 11.7. The minimum Gasteiger partial charge on any atom is -0.457 e. The van der Waals surface area contributed by atoms with Crippen molar-refractivity contribution in [3.8, 4) is 6.07 Å². The van der Waals surface area contributed by atoms with Crippen LogP contribution in [0.4, 0.5) is 0 Å². The summed E-state index contributed by atoms with van der Waals surface area (Å²) < 4.78 is 9.73. The maximum absolute atomic E-state index is 11.3. The van der Waals surface area contributed by atoms with Crippen LogP contribution in [0.2, 0.25) is 0 Å². The molecule has 0 bridgehead atoms. The Balaban J connectivity index is 2.52. The van der Waals surface area contributed by atoms with Gasteiger partial charge in [0.25, 0.3) is 0 Å². The van der Waals surface area contributed by atoms with Crippen LogP contribution in [0.3, 0.4) is 0 Å². The lowest BCUT2D eigenvalue weighted by Crippen LogP contribution is -2.15. The van der Waals surface area contributed by atoms with Gasteiger partial charge in [-0.3, -0.25) is 0 Å². The van der Waals surface area contributed by atoms with Gasteiger partial charge in [-0.1, -0.05) is 13.3 Å². The van der Waals surface area contributed by atoms with Crippen LogP contribution in [0, 0.1) is 11.3 Å². The first-order valence-corrected chi connectivity index (χ1v) is 4.42. The molecule has 0 N–H and O–H groups in total. The molecule has 0 fully saturated rings. The van der Waals surface area contributed by atoms with Gasteiger partial charge in [0.05, 0.1) is 6.26 Å². The topological polar surface area (TPSA) is 63.2 Å². The Morgan fingerprint density at radius 2 is 2.57 bits per heavy atom. The molecule has 0 aliphatic carbocycles. The summed E-state index contributed by atoms with van der Waals surface area (Å²) in [5.74, 6) is -0.462. The van der Waals surface area contributed by atoms with E-state index in [9.17, 15) is 4.79 Å². The van der Waals surface area contributed by atoms with Crippen LogP contribution in [0.15, 0.2) is 22.8 Å². The van der Waals surface area contributed by atoms with E-state index in [0.29, 0.717) is 6.42 Å². The predicted octanol–water partition coefficient (Wildman–Crippen LogP) is 2.13. The summed E-state index contributed by atoms with van der Waals surface area (Å²) >= 11 is 0. The molecule has 4 heteroatoms. The van der Waals surface area contributed by atoms with E-state index in [1.807, 2.05) is 13.0 Å². The standard InChI is InChI=1S/C10H11NO3/c1-2-4-8(7-11)14-10(12)9-5-3-6-13-9/h3,5-6,8H,2,4H2,1H3. The number of rotatable bonds is 4. The molecule has 0 aliphatic rings. The van der Waals surface area contributed by atoms with Crippen molar-refractivity contribution in [2.24, 2.45) is 0 Å². The van der Waals surface area contributed by atoms with Gasteiger partial charge < -0.3 is 9.15 Å². The highest BCUT2D eigenvalue weighted by Crippen LogP contribution is 2.07. The second-order valence-corrected chi connectivity index (χ2v) is 2.79. The van der Waals surface area contributed by atoms with Gasteiger partial charge in [-0.2, -0.15) is 5.26 Å². The molecule has 1 rings (SSSR count). The van der Waals surface area contributed by atoms with Crippen molar-refractivity contribution in [3.05, 3.63) is 24.2 Å². The molecule has 1 unspecified atom stereocenters. The number of ether oxygens (including phenoxy) is 1. The molecule has 0 spiro atoms. The highest BCUT2D eigenvalue weighted by molar-refractivity contribution is 5.86. The maximum Gasteiger partial charge on any atom is 0.375 e. The van der Waals surface area contributed by atoms with Crippen molar-refractivity contribution in [1.29, 1.82) is 5.26 Å². The maximum atomic E-state index is 11.3. The molecule has 0 aromatic carbocycles. The lowest BCUT2D eigenvalue weighted by Gasteiger charge is -2.07. The van der Waals surface area contributed by atoms with Crippen molar-refractivity contribution >= 4 is 5.97 Å². The fraction of sp³-hybridized carbons (Fsp3) is 0.400. The molecule has 74 valence electrons. The van der Waals surface area contributed by atoms with Crippen LogP contribution in [-0.4, -0.2) is 12.1 Å². The number of carbonyl (C=O) groups excluding carboxylic acids is 1. The van der Waals surface area contributed by atoms with Crippen molar-refractivity contribution in [3.63, 3.8) is 0 Å².